The third-order valence-electron chi connectivity index (χ3n) is 1.07. The molecule has 5 nitrogen and oxygen atoms in total. The van der Waals surface area contributed by atoms with Crippen molar-refractivity contribution in [3.05, 3.63) is 22.4 Å². The molecule has 1 atom stereocenters. The van der Waals surface area contributed by atoms with Crippen molar-refractivity contribution in [3.63, 3.8) is 0 Å². The Morgan fingerprint density at radius 3 is 2.89 bits per heavy atom. The topological polar surface area (TPSA) is 58.4 Å². The number of nitrogens with zero attached hydrogens (tertiary/aromatic N) is 2. The molecule has 1 radical (unpaired) electrons. The molecule has 9 heavy (non-hydrogen) atoms. The first-order valence-electron chi connectivity index (χ1n) is 2.42. The standard InChI is InChI=1S/C4H6N3O2/c1-6-4(7(8)9)2-3-5-6/h3-5H,1H3. The minimum absolute atomic E-state index is 0.420. The molecule has 0 bridgehead atoms. The number of hydrazine groups is 1. The van der Waals surface area contributed by atoms with Gasteiger partial charge in [0.2, 0.25) is 0 Å². The van der Waals surface area contributed by atoms with E-state index in [-0.39, 0.29) is 0 Å². The largest absolute Gasteiger partial charge is 0.320 e. The zero-order valence-electron chi connectivity index (χ0n) is 4.87. The van der Waals surface area contributed by atoms with Gasteiger partial charge in [-0.2, -0.15) is 5.01 Å². The van der Waals surface area contributed by atoms with Crippen LogP contribution in [0.15, 0.2) is 6.20 Å². The van der Waals surface area contributed by atoms with Crippen LogP contribution in [-0.2, 0) is 0 Å². The zero-order valence-corrected chi connectivity index (χ0v) is 4.87. The van der Waals surface area contributed by atoms with Crippen LogP contribution in [0.3, 0.4) is 0 Å². The van der Waals surface area contributed by atoms with Gasteiger partial charge in [0.1, 0.15) is 0 Å². The van der Waals surface area contributed by atoms with Gasteiger partial charge in [-0.3, -0.25) is 10.1 Å². The predicted octanol–water partition coefficient (Wildman–Crippen LogP) is -0.644. The molecule has 1 rings (SSSR count). The van der Waals surface area contributed by atoms with Crippen LogP contribution in [-0.4, -0.2) is 23.1 Å². The van der Waals surface area contributed by atoms with Gasteiger partial charge < -0.3 is 5.43 Å². The van der Waals surface area contributed by atoms with Gasteiger partial charge in [-0.1, -0.05) is 0 Å². The average Bonchev–Trinajstić information content (AvgIpc) is 2.13. The fourth-order valence-corrected chi connectivity index (χ4v) is 0.598. The number of hydrogen-bond acceptors (Lipinski definition) is 4. The second-order valence-electron chi connectivity index (χ2n) is 1.71. The highest BCUT2D eigenvalue weighted by Crippen LogP contribution is 1.99. The third-order valence-corrected chi connectivity index (χ3v) is 1.07. The van der Waals surface area contributed by atoms with Crippen molar-refractivity contribution in [2.24, 2.45) is 0 Å². The van der Waals surface area contributed by atoms with E-state index in [9.17, 15) is 10.1 Å². The van der Waals surface area contributed by atoms with E-state index in [4.69, 9.17) is 0 Å². The van der Waals surface area contributed by atoms with Crippen molar-refractivity contribution in [1.29, 1.82) is 0 Å². The van der Waals surface area contributed by atoms with E-state index in [0.29, 0.717) is 0 Å². The molecule has 1 unspecified atom stereocenters. The normalized spacial score (nSPS) is 26.1. The van der Waals surface area contributed by atoms with E-state index < -0.39 is 11.1 Å². The molecule has 0 aromatic carbocycles. The summed E-state index contributed by atoms with van der Waals surface area (Å²) in [6.07, 6.45) is 3.09. The van der Waals surface area contributed by atoms with Crippen LogP contribution in [0.2, 0.25) is 0 Å². The van der Waals surface area contributed by atoms with E-state index >= 15 is 0 Å². The summed E-state index contributed by atoms with van der Waals surface area (Å²) in [5.41, 5.74) is 2.61. The summed E-state index contributed by atoms with van der Waals surface area (Å²) in [6.45, 7) is 0. The second-order valence-corrected chi connectivity index (χ2v) is 1.71. The van der Waals surface area contributed by atoms with E-state index in [1.807, 2.05) is 0 Å². The molecule has 0 saturated carbocycles. The van der Waals surface area contributed by atoms with Crippen molar-refractivity contribution in [3.8, 4) is 0 Å². The molecule has 0 saturated heterocycles. The first-order chi connectivity index (χ1) is 4.22. The molecule has 1 aliphatic heterocycles. The minimum atomic E-state index is -0.829. The molecular weight excluding hydrogens is 122 g/mol. The van der Waals surface area contributed by atoms with E-state index in [1.54, 1.807) is 7.05 Å². The lowest BCUT2D eigenvalue weighted by atomic mass is 10.5. The predicted molar refractivity (Wildman–Crippen MR) is 29.5 cm³/mol. The number of hydrogen-bond donors (Lipinski definition) is 1. The number of nitrogens with one attached hydrogen (secondary N) is 1. The van der Waals surface area contributed by atoms with Crippen LogP contribution in [0.5, 0.6) is 0 Å². The fourth-order valence-electron chi connectivity index (χ4n) is 0.598. The molecule has 1 N–H and O–H groups in total. The number of nitro groups is 1. The van der Waals surface area contributed by atoms with Crippen molar-refractivity contribution in [1.82, 2.24) is 10.4 Å². The minimum Gasteiger partial charge on any atom is -0.320 e. The van der Waals surface area contributed by atoms with Crippen LogP contribution >= 0.6 is 0 Å². The summed E-state index contributed by atoms with van der Waals surface area (Å²) in [7, 11) is 1.59. The van der Waals surface area contributed by atoms with Crippen molar-refractivity contribution in [2.75, 3.05) is 7.05 Å². The third kappa shape index (κ3) is 0.996. The van der Waals surface area contributed by atoms with Crippen LogP contribution in [0.1, 0.15) is 0 Å². The highest BCUT2D eigenvalue weighted by molar-refractivity contribution is 4.83. The highest BCUT2D eigenvalue weighted by atomic mass is 16.6. The highest BCUT2D eigenvalue weighted by Gasteiger charge is 2.25. The van der Waals surface area contributed by atoms with Crippen LogP contribution in [0.25, 0.3) is 0 Å². The Hall–Kier alpha value is -1.10. The first-order valence-corrected chi connectivity index (χ1v) is 2.42. The quantitative estimate of drug-likeness (QED) is 0.377. The Bertz CT molecular complexity index is 156. The van der Waals surface area contributed by atoms with E-state index in [1.165, 1.54) is 11.2 Å². The molecule has 5 heteroatoms. The Labute approximate surface area is 52.1 Å². The van der Waals surface area contributed by atoms with Crippen molar-refractivity contribution < 1.29 is 4.92 Å². The maximum absolute atomic E-state index is 10.1. The maximum Gasteiger partial charge on any atom is 0.311 e. The van der Waals surface area contributed by atoms with E-state index in [2.05, 4.69) is 11.5 Å². The monoisotopic (exact) mass is 128 g/mol. The Kier molecular flexibility index (Phi) is 1.35. The van der Waals surface area contributed by atoms with Gasteiger partial charge in [-0.05, 0) is 0 Å². The summed E-state index contributed by atoms with van der Waals surface area (Å²) in [5.74, 6) is 0. The van der Waals surface area contributed by atoms with Crippen molar-refractivity contribution in [2.45, 2.75) is 6.17 Å². The molecule has 0 fully saturated rings. The molecule has 0 amide bonds. The molecular formula is C4H6N3O2. The summed E-state index contributed by atoms with van der Waals surface area (Å²) in [4.78, 5) is 9.63. The Morgan fingerprint density at radius 2 is 2.67 bits per heavy atom. The molecule has 0 spiro atoms. The van der Waals surface area contributed by atoms with Crippen LogP contribution in [0.4, 0.5) is 0 Å². The van der Waals surface area contributed by atoms with Crippen LogP contribution < -0.4 is 5.43 Å². The number of rotatable bonds is 1. The second kappa shape index (κ2) is 2.02. The first kappa shape index (κ1) is 6.03. The molecule has 0 aromatic heterocycles. The lowest BCUT2D eigenvalue weighted by Gasteiger charge is -2.10. The van der Waals surface area contributed by atoms with Gasteiger partial charge in [-0.25, -0.2) is 0 Å². The average molecular weight is 128 g/mol. The molecule has 0 aromatic rings. The Morgan fingerprint density at radius 1 is 2.00 bits per heavy atom. The molecule has 1 aliphatic rings. The Balaban J connectivity index is 2.59. The zero-order chi connectivity index (χ0) is 6.85. The lowest BCUT2D eigenvalue weighted by Crippen LogP contribution is -2.38. The van der Waals surface area contributed by atoms with Gasteiger partial charge in [0.15, 0.2) is 0 Å². The van der Waals surface area contributed by atoms with Gasteiger partial charge in [0.25, 0.3) is 0 Å². The smallest absolute Gasteiger partial charge is 0.311 e. The van der Waals surface area contributed by atoms with Gasteiger partial charge in [-0.15, -0.1) is 0 Å². The SMILES string of the molecule is CN1NC=[C]C1[N+](=O)[O-]. The van der Waals surface area contributed by atoms with Gasteiger partial charge >= 0.3 is 6.17 Å². The van der Waals surface area contributed by atoms with Crippen LogP contribution in [0, 0.1) is 16.2 Å². The molecule has 0 aliphatic carbocycles. The van der Waals surface area contributed by atoms with Gasteiger partial charge in [0.05, 0.1) is 6.08 Å². The number of likely N-dealkylation sites (N-methyl/N-ethyl adjacent to an activating group) is 1. The lowest BCUT2D eigenvalue weighted by molar-refractivity contribution is -0.537. The molecule has 1 heterocycles. The summed E-state index contributed by atoms with van der Waals surface area (Å²) in [6, 6.07) is 0. The fraction of sp³-hybridized carbons (Fsp3) is 0.500. The summed E-state index contributed by atoms with van der Waals surface area (Å²) >= 11 is 0. The molecule has 49 valence electrons. The summed E-state index contributed by atoms with van der Waals surface area (Å²) < 4.78 is 0. The maximum atomic E-state index is 10.1. The van der Waals surface area contributed by atoms with Crippen molar-refractivity contribution >= 4 is 0 Å². The summed E-state index contributed by atoms with van der Waals surface area (Å²) in [5, 5.41) is 11.4. The van der Waals surface area contributed by atoms with E-state index in [0.717, 1.165) is 0 Å². The van der Waals surface area contributed by atoms with Gasteiger partial charge in [0, 0.05) is 18.2 Å².